The van der Waals surface area contributed by atoms with Gasteiger partial charge in [0.25, 0.3) is 10.0 Å². The van der Waals surface area contributed by atoms with Gasteiger partial charge in [0.05, 0.1) is 17.1 Å². The zero-order valence-corrected chi connectivity index (χ0v) is 16.3. The summed E-state index contributed by atoms with van der Waals surface area (Å²) >= 11 is 0. The van der Waals surface area contributed by atoms with Crippen molar-refractivity contribution >= 4 is 15.7 Å². The summed E-state index contributed by atoms with van der Waals surface area (Å²) in [5, 5.41) is 0. The number of ether oxygens (including phenoxy) is 1. The van der Waals surface area contributed by atoms with Crippen molar-refractivity contribution in [3.05, 3.63) is 90.0 Å². The molecule has 0 aromatic heterocycles. The first-order valence-corrected chi connectivity index (χ1v) is 10.3. The van der Waals surface area contributed by atoms with Crippen LogP contribution in [0.25, 0.3) is 0 Å². The molecule has 0 unspecified atom stereocenters. The number of aryl methyl sites for hydroxylation is 2. The zero-order chi connectivity index (χ0) is 19.3. The lowest BCUT2D eigenvalue weighted by Gasteiger charge is -2.25. The summed E-state index contributed by atoms with van der Waals surface area (Å²) in [6, 6.07) is 23.6. The SMILES string of the molecule is Cc1ccc(C)c(OCCN(c2ccccc2)S(=O)(=O)c2ccccc2)c1. The lowest BCUT2D eigenvalue weighted by atomic mass is 10.1. The molecular weight excluding hydrogens is 358 g/mol. The molecule has 0 amide bonds. The number of sulfonamides is 1. The third-order valence-corrected chi connectivity index (χ3v) is 6.11. The molecule has 3 aromatic rings. The first-order valence-electron chi connectivity index (χ1n) is 8.81. The second-order valence-corrected chi connectivity index (χ2v) is 8.21. The Labute approximate surface area is 161 Å². The van der Waals surface area contributed by atoms with Crippen LogP contribution in [0.3, 0.4) is 0 Å². The van der Waals surface area contributed by atoms with Crippen LogP contribution in [0.4, 0.5) is 5.69 Å². The highest BCUT2D eigenvalue weighted by Crippen LogP contribution is 2.24. The van der Waals surface area contributed by atoms with E-state index in [2.05, 4.69) is 0 Å². The summed E-state index contributed by atoms with van der Waals surface area (Å²) in [6.07, 6.45) is 0. The minimum atomic E-state index is -3.67. The van der Waals surface area contributed by atoms with Gasteiger partial charge in [-0.1, -0.05) is 48.5 Å². The second kappa shape index (κ2) is 8.27. The van der Waals surface area contributed by atoms with Crippen LogP contribution in [0.15, 0.2) is 83.8 Å². The Hall–Kier alpha value is -2.79. The molecular formula is C22H23NO3S. The summed E-state index contributed by atoms with van der Waals surface area (Å²) in [5.74, 6) is 0.778. The molecule has 5 heteroatoms. The van der Waals surface area contributed by atoms with E-state index in [1.54, 1.807) is 42.5 Å². The average Bonchev–Trinajstić information content (AvgIpc) is 2.69. The van der Waals surface area contributed by atoms with Crippen LogP contribution >= 0.6 is 0 Å². The highest BCUT2D eigenvalue weighted by Gasteiger charge is 2.24. The van der Waals surface area contributed by atoms with Crippen LogP contribution in [0, 0.1) is 13.8 Å². The molecule has 0 saturated carbocycles. The van der Waals surface area contributed by atoms with Gasteiger partial charge in [0.1, 0.15) is 12.4 Å². The maximum atomic E-state index is 13.2. The number of nitrogens with zero attached hydrogens (tertiary/aromatic N) is 1. The van der Waals surface area contributed by atoms with Gasteiger partial charge in [0, 0.05) is 0 Å². The smallest absolute Gasteiger partial charge is 0.264 e. The van der Waals surface area contributed by atoms with E-state index in [9.17, 15) is 8.42 Å². The molecule has 3 rings (SSSR count). The Bertz CT molecular complexity index is 987. The third kappa shape index (κ3) is 4.49. The molecule has 0 aliphatic carbocycles. The number of hydrogen-bond donors (Lipinski definition) is 0. The lowest BCUT2D eigenvalue weighted by molar-refractivity contribution is 0.326. The predicted molar refractivity (Wildman–Crippen MR) is 109 cm³/mol. The van der Waals surface area contributed by atoms with Gasteiger partial charge >= 0.3 is 0 Å². The lowest BCUT2D eigenvalue weighted by Crippen LogP contribution is -2.34. The van der Waals surface area contributed by atoms with Gasteiger partial charge < -0.3 is 4.74 Å². The number of hydrogen-bond acceptors (Lipinski definition) is 3. The molecule has 0 aliphatic rings. The van der Waals surface area contributed by atoms with Crippen molar-refractivity contribution in [3.8, 4) is 5.75 Å². The highest BCUT2D eigenvalue weighted by atomic mass is 32.2. The van der Waals surface area contributed by atoms with Gasteiger partial charge in [-0.2, -0.15) is 0 Å². The fraction of sp³-hybridized carbons (Fsp3) is 0.182. The molecule has 4 nitrogen and oxygen atoms in total. The van der Waals surface area contributed by atoms with Gasteiger partial charge in [0.15, 0.2) is 0 Å². The molecule has 0 radical (unpaired) electrons. The Morgan fingerprint density at radius 3 is 2.15 bits per heavy atom. The predicted octanol–water partition coefficient (Wildman–Crippen LogP) is 4.58. The minimum Gasteiger partial charge on any atom is -0.491 e. The van der Waals surface area contributed by atoms with Gasteiger partial charge in [0.2, 0.25) is 0 Å². The molecule has 0 saturated heterocycles. The zero-order valence-electron chi connectivity index (χ0n) is 15.5. The minimum absolute atomic E-state index is 0.217. The molecule has 0 heterocycles. The summed E-state index contributed by atoms with van der Waals surface area (Å²) < 4.78 is 33.6. The molecule has 27 heavy (non-hydrogen) atoms. The van der Waals surface area contributed by atoms with E-state index in [-0.39, 0.29) is 18.0 Å². The van der Waals surface area contributed by atoms with Gasteiger partial charge in [-0.15, -0.1) is 0 Å². The summed E-state index contributed by atoms with van der Waals surface area (Å²) in [7, 11) is -3.67. The maximum Gasteiger partial charge on any atom is 0.264 e. The number of anilines is 1. The Balaban J connectivity index is 1.84. The van der Waals surface area contributed by atoms with Crippen molar-refractivity contribution in [1.82, 2.24) is 0 Å². The van der Waals surface area contributed by atoms with Crippen LogP contribution < -0.4 is 9.04 Å². The molecule has 0 aliphatic heterocycles. The fourth-order valence-electron chi connectivity index (χ4n) is 2.80. The van der Waals surface area contributed by atoms with Crippen LogP contribution in [0.5, 0.6) is 5.75 Å². The van der Waals surface area contributed by atoms with Gasteiger partial charge in [-0.25, -0.2) is 8.42 Å². The standard InChI is InChI=1S/C22H23NO3S/c1-18-13-14-19(2)22(17-18)26-16-15-23(20-9-5-3-6-10-20)27(24,25)21-11-7-4-8-12-21/h3-14,17H,15-16H2,1-2H3. The third-order valence-electron chi connectivity index (χ3n) is 4.27. The molecule has 140 valence electrons. The van der Waals surface area contributed by atoms with Crippen LogP contribution in [-0.4, -0.2) is 21.6 Å². The Morgan fingerprint density at radius 1 is 0.852 bits per heavy atom. The molecule has 0 bridgehead atoms. The Morgan fingerprint density at radius 2 is 1.48 bits per heavy atom. The van der Waals surface area contributed by atoms with Crippen LogP contribution in [0.2, 0.25) is 0 Å². The number of benzene rings is 3. The molecule has 0 N–H and O–H groups in total. The quantitative estimate of drug-likeness (QED) is 0.602. The van der Waals surface area contributed by atoms with Gasteiger partial charge in [-0.05, 0) is 55.3 Å². The first-order chi connectivity index (χ1) is 13.0. The molecule has 3 aromatic carbocycles. The summed E-state index contributed by atoms with van der Waals surface area (Å²) in [4.78, 5) is 0.264. The van der Waals surface area contributed by atoms with E-state index in [1.807, 2.05) is 50.2 Å². The van der Waals surface area contributed by atoms with E-state index in [4.69, 9.17) is 4.74 Å². The van der Waals surface area contributed by atoms with Crippen molar-refractivity contribution in [3.63, 3.8) is 0 Å². The van der Waals surface area contributed by atoms with Crippen molar-refractivity contribution in [1.29, 1.82) is 0 Å². The van der Waals surface area contributed by atoms with Crippen molar-refractivity contribution in [2.45, 2.75) is 18.7 Å². The topological polar surface area (TPSA) is 46.6 Å². The van der Waals surface area contributed by atoms with Crippen LogP contribution in [0.1, 0.15) is 11.1 Å². The fourth-order valence-corrected chi connectivity index (χ4v) is 4.27. The van der Waals surface area contributed by atoms with Crippen molar-refractivity contribution in [2.24, 2.45) is 0 Å². The van der Waals surface area contributed by atoms with E-state index in [1.165, 1.54) is 4.31 Å². The monoisotopic (exact) mass is 381 g/mol. The Kier molecular flexibility index (Phi) is 5.81. The largest absolute Gasteiger partial charge is 0.491 e. The maximum absolute atomic E-state index is 13.2. The van der Waals surface area contributed by atoms with E-state index >= 15 is 0 Å². The molecule has 0 fully saturated rings. The summed E-state index contributed by atoms with van der Waals surface area (Å²) in [5.41, 5.74) is 2.75. The van der Waals surface area contributed by atoms with Crippen molar-refractivity contribution in [2.75, 3.05) is 17.5 Å². The molecule has 0 atom stereocenters. The number of rotatable bonds is 7. The van der Waals surface area contributed by atoms with Gasteiger partial charge in [-0.3, -0.25) is 4.31 Å². The summed E-state index contributed by atoms with van der Waals surface area (Å²) in [6.45, 7) is 4.45. The number of para-hydroxylation sites is 1. The second-order valence-electron chi connectivity index (χ2n) is 6.34. The van der Waals surface area contributed by atoms with Crippen LogP contribution in [-0.2, 0) is 10.0 Å². The normalized spacial score (nSPS) is 11.2. The van der Waals surface area contributed by atoms with E-state index in [0.29, 0.717) is 5.69 Å². The van der Waals surface area contributed by atoms with E-state index in [0.717, 1.165) is 16.9 Å². The first kappa shape index (κ1) is 19.0. The molecule has 0 spiro atoms. The van der Waals surface area contributed by atoms with Crippen molar-refractivity contribution < 1.29 is 13.2 Å². The average molecular weight is 381 g/mol. The highest BCUT2D eigenvalue weighted by molar-refractivity contribution is 7.92. The van der Waals surface area contributed by atoms with E-state index < -0.39 is 10.0 Å².